The minimum absolute atomic E-state index is 0.515. The summed E-state index contributed by atoms with van der Waals surface area (Å²) < 4.78 is 7.08. The van der Waals surface area contributed by atoms with Crippen LogP contribution in [0.25, 0.3) is 78.7 Å². The average Bonchev–Trinajstić information content (AvgIpc) is 4.06. The summed E-state index contributed by atoms with van der Waals surface area (Å²) in [5, 5.41) is 0. The smallest absolute Gasteiger partial charge is 0.164 e. The Morgan fingerprint density at radius 3 is 1.07 bits per heavy atom. The van der Waals surface area contributed by atoms with Gasteiger partial charge >= 0.3 is 0 Å². The van der Waals surface area contributed by atoms with E-state index in [0.29, 0.717) is 17.5 Å². The van der Waals surface area contributed by atoms with Crippen molar-refractivity contribution in [2.45, 2.75) is 10.8 Å². The number of benzene rings is 11. The fourth-order valence-corrected chi connectivity index (χ4v) is 12.7. The molecule has 3 aliphatic rings. The largest absolute Gasteiger partial charge is 0.457 e. The fourth-order valence-electron chi connectivity index (χ4n) is 12.7. The van der Waals surface area contributed by atoms with Gasteiger partial charge in [0.25, 0.3) is 0 Å². The zero-order valence-corrected chi connectivity index (χ0v) is 40.7. The Bertz CT molecular complexity index is 4020. The van der Waals surface area contributed by atoms with E-state index in [9.17, 15) is 0 Å². The van der Waals surface area contributed by atoms with E-state index in [-0.39, 0.29) is 0 Å². The third-order valence-corrected chi connectivity index (χ3v) is 15.9. The highest BCUT2D eigenvalue weighted by molar-refractivity contribution is 5.90. The van der Waals surface area contributed by atoms with Crippen LogP contribution in [0.15, 0.2) is 273 Å². The maximum Gasteiger partial charge on any atom is 0.164 e. The van der Waals surface area contributed by atoms with Crippen molar-refractivity contribution >= 4 is 0 Å². The van der Waals surface area contributed by atoms with Gasteiger partial charge in [-0.3, -0.25) is 0 Å². The van der Waals surface area contributed by atoms with Crippen molar-refractivity contribution in [1.82, 2.24) is 15.0 Å². The summed E-state index contributed by atoms with van der Waals surface area (Å²) in [5.74, 6) is 3.52. The molecule has 2 aliphatic carbocycles. The van der Waals surface area contributed by atoms with Crippen LogP contribution < -0.4 is 4.74 Å². The lowest BCUT2D eigenvalue weighted by atomic mass is 9.51. The molecule has 0 N–H and O–H groups in total. The third kappa shape index (κ3) is 6.46. The maximum atomic E-state index is 7.08. The van der Waals surface area contributed by atoms with Crippen molar-refractivity contribution in [3.05, 3.63) is 317 Å². The predicted molar refractivity (Wildman–Crippen MR) is 302 cm³/mol. The van der Waals surface area contributed by atoms with Crippen molar-refractivity contribution in [2.75, 3.05) is 0 Å². The number of nitrogens with zero attached hydrogens (tertiary/aromatic N) is 3. The standard InChI is InChI=1S/C71H45N3O/c1-3-19-46(20-4-1)50-23-17-25-53(43-50)68-72-67(73-69(74-68)54-26-18-24-51(44-54)47-21-5-2-6-22-47)49-39-37-48(38-40-49)52-41-42-64-66(45-52)75-65-36-16-15-35-63(65)71(64)61-33-13-11-31-59(61)70(60-32-12-14-34-62(60)71)57-29-9-7-27-55(57)56-28-8-10-30-58(56)70/h1-45H. The van der Waals surface area contributed by atoms with Gasteiger partial charge in [-0.05, 0) is 102 Å². The summed E-state index contributed by atoms with van der Waals surface area (Å²) in [7, 11) is 0. The van der Waals surface area contributed by atoms with Crippen LogP contribution in [0.5, 0.6) is 11.5 Å². The molecule has 0 bridgehead atoms. The molecular weight excluding hydrogens is 911 g/mol. The van der Waals surface area contributed by atoms with E-state index in [0.717, 1.165) is 72.7 Å². The minimum Gasteiger partial charge on any atom is -0.457 e. The Balaban J connectivity index is 0.860. The van der Waals surface area contributed by atoms with Crippen molar-refractivity contribution in [3.63, 3.8) is 0 Å². The van der Waals surface area contributed by atoms with Gasteiger partial charge in [0.1, 0.15) is 11.5 Å². The van der Waals surface area contributed by atoms with E-state index >= 15 is 0 Å². The Morgan fingerprint density at radius 2 is 0.547 bits per heavy atom. The molecule has 15 rings (SSSR count). The molecule has 2 heterocycles. The molecule has 0 fully saturated rings. The topological polar surface area (TPSA) is 47.9 Å². The first-order chi connectivity index (χ1) is 37.2. The second kappa shape index (κ2) is 16.9. The molecular formula is C71H45N3O. The summed E-state index contributed by atoms with van der Waals surface area (Å²) in [6.07, 6.45) is 0. The van der Waals surface area contributed by atoms with Gasteiger partial charge in [0.2, 0.25) is 0 Å². The molecule has 0 radical (unpaired) electrons. The number of para-hydroxylation sites is 1. The summed E-state index contributed by atoms with van der Waals surface area (Å²) in [4.78, 5) is 15.5. The average molecular weight is 956 g/mol. The van der Waals surface area contributed by atoms with E-state index in [1.54, 1.807) is 0 Å². The van der Waals surface area contributed by atoms with E-state index in [1.807, 2.05) is 12.1 Å². The molecule has 0 amide bonds. The highest BCUT2D eigenvalue weighted by atomic mass is 16.5. The zero-order valence-electron chi connectivity index (χ0n) is 40.7. The summed E-state index contributed by atoms with van der Waals surface area (Å²) in [6.45, 7) is 0. The Labute approximate surface area is 436 Å². The molecule has 350 valence electrons. The van der Waals surface area contributed by atoms with E-state index < -0.39 is 10.8 Å². The molecule has 0 saturated carbocycles. The van der Waals surface area contributed by atoms with Crippen molar-refractivity contribution in [3.8, 4) is 90.2 Å². The fraction of sp³-hybridized carbons (Fsp3) is 0.0282. The highest BCUT2D eigenvalue weighted by Crippen LogP contribution is 2.67. The predicted octanol–water partition coefficient (Wildman–Crippen LogP) is 17.0. The molecule has 4 heteroatoms. The molecule has 2 spiro atoms. The molecule has 0 atom stereocenters. The first-order valence-electron chi connectivity index (χ1n) is 25.7. The second-order valence-corrected chi connectivity index (χ2v) is 19.8. The van der Waals surface area contributed by atoms with Gasteiger partial charge in [-0.25, -0.2) is 15.0 Å². The molecule has 11 aromatic carbocycles. The normalized spacial score (nSPS) is 13.7. The lowest BCUT2D eigenvalue weighted by molar-refractivity contribution is 0.429. The van der Waals surface area contributed by atoms with Crippen LogP contribution in [-0.2, 0) is 10.8 Å². The first-order valence-corrected chi connectivity index (χ1v) is 25.7. The zero-order chi connectivity index (χ0) is 49.5. The van der Waals surface area contributed by atoms with E-state index in [2.05, 4.69) is 261 Å². The summed E-state index contributed by atoms with van der Waals surface area (Å²) in [5.41, 5.74) is 20.7. The number of rotatable bonds is 6. The molecule has 0 saturated heterocycles. The summed E-state index contributed by atoms with van der Waals surface area (Å²) in [6, 6.07) is 98.2. The number of aromatic nitrogens is 3. The van der Waals surface area contributed by atoms with Gasteiger partial charge in [0, 0.05) is 27.8 Å². The second-order valence-electron chi connectivity index (χ2n) is 19.8. The molecule has 75 heavy (non-hydrogen) atoms. The van der Waals surface area contributed by atoms with Crippen LogP contribution in [-0.4, -0.2) is 15.0 Å². The molecule has 0 unspecified atom stereocenters. The van der Waals surface area contributed by atoms with Gasteiger partial charge in [0.15, 0.2) is 17.5 Å². The van der Waals surface area contributed by atoms with Gasteiger partial charge < -0.3 is 4.74 Å². The number of hydrogen-bond acceptors (Lipinski definition) is 4. The van der Waals surface area contributed by atoms with E-state index in [1.165, 1.54) is 44.5 Å². The molecule has 4 nitrogen and oxygen atoms in total. The van der Waals surface area contributed by atoms with Crippen molar-refractivity contribution < 1.29 is 4.74 Å². The first kappa shape index (κ1) is 42.9. The van der Waals surface area contributed by atoms with Gasteiger partial charge in [-0.15, -0.1) is 0 Å². The Hall–Kier alpha value is -9.77. The monoisotopic (exact) mass is 955 g/mol. The van der Waals surface area contributed by atoms with Crippen molar-refractivity contribution in [2.24, 2.45) is 0 Å². The molecule has 1 aromatic heterocycles. The van der Waals surface area contributed by atoms with Crippen LogP contribution in [0, 0.1) is 0 Å². The van der Waals surface area contributed by atoms with Crippen LogP contribution in [0.3, 0.4) is 0 Å². The van der Waals surface area contributed by atoms with Crippen LogP contribution >= 0.6 is 0 Å². The number of hydrogen-bond donors (Lipinski definition) is 0. The Morgan fingerprint density at radius 1 is 0.213 bits per heavy atom. The third-order valence-electron chi connectivity index (χ3n) is 15.9. The van der Waals surface area contributed by atoms with Gasteiger partial charge in [0.05, 0.1) is 10.8 Å². The van der Waals surface area contributed by atoms with Crippen LogP contribution in [0.4, 0.5) is 0 Å². The molecule has 1 aliphatic heterocycles. The Kier molecular flexibility index (Phi) is 9.67. The minimum atomic E-state index is -0.674. The lowest BCUT2D eigenvalue weighted by Crippen LogP contribution is -2.45. The highest BCUT2D eigenvalue weighted by Gasteiger charge is 2.58. The van der Waals surface area contributed by atoms with Crippen LogP contribution in [0.1, 0.15) is 44.5 Å². The van der Waals surface area contributed by atoms with E-state index in [4.69, 9.17) is 19.7 Å². The summed E-state index contributed by atoms with van der Waals surface area (Å²) >= 11 is 0. The maximum absolute atomic E-state index is 7.08. The number of ether oxygens (including phenoxy) is 1. The molecule has 12 aromatic rings. The SMILES string of the molecule is c1ccc(-c2cccc(-c3nc(-c4ccc(-c5ccc6c(c5)Oc5ccccc5C65c6ccccc6C6(c7ccccc7-c7ccccc76)c6ccccc65)cc4)nc(-c4cccc(-c5ccccc5)c4)n3)c2)cc1. The van der Waals surface area contributed by atoms with Gasteiger partial charge in [-0.1, -0.05) is 249 Å². The number of fused-ring (bicyclic) bond motifs is 15. The quantitative estimate of drug-likeness (QED) is 0.167. The van der Waals surface area contributed by atoms with Gasteiger partial charge in [-0.2, -0.15) is 0 Å². The van der Waals surface area contributed by atoms with Crippen LogP contribution in [0.2, 0.25) is 0 Å². The lowest BCUT2D eigenvalue weighted by Gasteiger charge is -2.51. The van der Waals surface area contributed by atoms with Crippen molar-refractivity contribution in [1.29, 1.82) is 0 Å².